The van der Waals surface area contributed by atoms with Crippen LogP contribution in [0.5, 0.6) is 0 Å². The van der Waals surface area contributed by atoms with Crippen molar-refractivity contribution in [2.45, 2.75) is 16.0 Å². The average molecular weight is 318 g/mol. The molecule has 0 unspecified atom stereocenters. The van der Waals surface area contributed by atoms with Gasteiger partial charge in [-0.2, -0.15) is 13.2 Å². The molecule has 0 fully saturated rings. The fraction of sp³-hybridized carbons (Fsp3) is 0.143. The third-order valence-corrected chi connectivity index (χ3v) is 3.75. The maximum atomic E-state index is 12.4. The molecule has 0 amide bonds. The maximum absolute atomic E-state index is 12.4. The van der Waals surface area contributed by atoms with Crippen LogP contribution in [-0.2, 0) is 26.4 Å². The van der Waals surface area contributed by atoms with E-state index in [0.29, 0.717) is 12.1 Å². The van der Waals surface area contributed by atoms with Crippen LogP contribution in [0.2, 0.25) is 0 Å². The summed E-state index contributed by atoms with van der Waals surface area (Å²) in [5.74, 6) is 0. The van der Waals surface area contributed by atoms with Gasteiger partial charge < -0.3 is 9.11 Å². The summed E-state index contributed by atoms with van der Waals surface area (Å²) in [7, 11) is -11.3. The van der Waals surface area contributed by atoms with Crippen molar-refractivity contribution in [3.8, 4) is 0 Å². The van der Waals surface area contributed by atoms with E-state index < -0.39 is 41.8 Å². The van der Waals surface area contributed by atoms with E-state index in [2.05, 4.69) is 0 Å². The molecule has 13 heteroatoms. The molecule has 0 radical (unpaired) electrons. The molecule has 1 rings (SSSR count). The van der Waals surface area contributed by atoms with E-state index in [0.717, 1.165) is 0 Å². The Labute approximate surface area is 136 Å². The van der Waals surface area contributed by atoms with Gasteiger partial charge in [0.1, 0.15) is 20.2 Å². The van der Waals surface area contributed by atoms with Gasteiger partial charge in [0.25, 0.3) is 0 Å². The minimum Gasteiger partial charge on any atom is -0.744 e. The number of hydrogen-bond donors (Lipinski definition) is 0. The normalized spacial score (nSPS) is 12.2. The van der Waals surface area contributed by atoms with Gasteiger partial charge in [-0.15, -0.1) is 0 Å². The molecule has 0 saturated carbocycles. The van der Waals surface area contributed by atoms with Crippen LogP contribution in [0.1, 0.15) is 5.56 Å². The second-order valence-corrected chi connectivity index (χ2v) is 5.70. The average Bonchev–Trinajstić information content (AvgIpc) is 2.12. The molecule has 0 saturated heterocycles. The molecular weight excluding hydrogens is 315 g/mol. The molecule has 20 heavy (non-hydrogen) atoms. The van der Waals surface area contributed by atoms with Crippen molar-refractivity contribution in [2.75, 3.05) is 0 Å². The number of halogens is 3. The third kappa shape index (κ3) is 5.09. The summed E-state index contributed by atoms with van der Waals surface area (Å²) in [5.41, 5.74) is -1.99. The Bertz CT molecular complexity index is 683. The van der Waals surface area contributed by atoms with Gasteiger partial charge in [-0.25, -0.2) is 16.8 Å². The molecule has 1 aromatic carbocycles. The first-order chi connectivity index (χ1) is 7.85. The minimum atomic E-state index is -5.78. The maximum Gasteiger partial charge on any atom is 1.00 e. The number of hydrogen-bond acceptors (Lipinski definition) is 6. The summed E-state index contributed by atoms with van der Waals surface area (Å²) in [4.78, 5) is -3.79. The molecule has 0 heterocycles. The van der Waals surface area contributed by atoms with Crippen molar-refractivity contribution >= 4 is 20.2 Å². The number of alkyl halides is 3. The van der Waals surface area contributed by atoms with E-state index in [1.54, 1.807) is 0 Å². The van der Waals surface area contributed by atoms with Crippen LogP contribution >= 0.6 is 0 Å². The quantitative estimate of drug-likeness (QED) is 0.397. The first-order valence-electron chi connectivity index (χ1n) is 3.97. The van der Waals surface area contributed by atoms with Crippen molar-refractivity contribution < 1.29 is 76.8 Å². The van der Waals surface area contributed by atoms with Crippen molar-refractivity contribution in [1.82, 2.24) is 0 Å². The molecule has 1 aromatic rings. The second kappa shape index (κ2) is 6.86. The minimum absolute atomic E-state index is 0. The summed E-state index contributed by atoms with van der Waals surface area (Å²) < 4.78 is 101. The van der Waals surface area contributed by atoms with Gasteiger partial charge in [-0.1, -0.05) is 6.07 Å². The first kappa shape index (κ1) is 22.3. The Morgan fingerprint density at radius 1 is 0.900 bits per heavy atom. The SMILES string of the molecule is O=S(=O)([O-])c1cccc(C(F)(F)F)c1S(=O)(=O)[O-].[Li+].[Li+]. The Balaban J connectivity index is 0. The van der Waals surface area contributed by atoms with Gasteiger partial charge in [-0.3, -0.25) is 0 Å². The van der Waals surface area contributed by atoms with Crippen LogP contribution in [-0.4, -0.2) is 25.9 Å². The van der Waals surface area contributed by atoms with E-state index >= 15 is 0 Å². The van der Waals surface area contributed by atoms with Crippen molar-refractivity contribution in [2.24, 2.45) is 0 Å². The van der Waals surface area contributed by atoms with E-state index in [1.807, 2.05) is 0 Å². The van der Waals surface area contributed by atoms with Gasteiger partial charge in [0.2, 0.25) is 0 Å². The summed E-state index contributed by atoms with van der Waals surface area (Å²) in [5, 5.41) is 0. The van der Waals surface area contributed by atoms with Gasteiger partial charge in [0, 0.05) is 0 Å². The van der Waals surface area contributed by atoms with Crippen LogP contribution in [0.25, 0.3) is 0 Å². The second-order valence-electron chi connectivity index (χ2n) is 3.04. The van der Waals surface area contributed by atoms with Crippen LogP contribution < -0.4 is 37.7 Å². The van der Waals surface area contributed by atoms with Crippen LogP contribution in [0.4, 0.5) is 13.2 Å². The standard InChI is InChI=1S/C7H5F3O6S2.2Li/c8-7(9,10)4-2-1-3-5(17(11,12)13)6(4)18(14,15)16;;/h1-3H,(H,11,12,13)(H,14,15,16);;/q;2*+1/p-2. The largest absolute Gasteiger partial charge is 1.00 e. The first-order valence-corrected chi connectivity index (χ1v) is 6.79. The van der Waals surface area contributed by atoms with E-state index in [-0.39, 0.29) is 43.8 Å². The molecule has 0 aromatic heterocycles. The zero-order chi connectivity index (χ0) is 14.4. The summed E-state index contributed by atoms with van der Waals surface area (Å²) >= 11 is 0. The van der Waals surface area contributed by atoms with Crippen LogP contribution in [0.3, 0.4) is 0 Å². The summed E-state index contributed by atoms with van der Waals surface area (Å²) in [6.45, 7) is 0. The molecule has 0 bridgehead atoms. The van der Waals surface area contributed by atoms with Crippen molar-refractivity contribution in [3.05, 3.63) is 23.8 Å². The molecule has 102 valence electrons. The zero-order valence-corrected chi connectivity index (χ0v) is 11.8. The Morgan fingerprint density at radius 3 is 1.65 bits per heavy atom. The molecule has 0 aliphatic heterocycles. The van der Waals surface area contributed by atoms with Gasteiger partial charge in [-0.05, 0) is 12.1 Å². The molecule has 6 nitrogen and oxygen atoms in total. The smallest absolute Gasteiger partial charge is 0.744 e. The van der Waals surface area contributed by atoms with Gasteiger partial charge >= 0.3 is 43.9 Å². The van der Waals surface area contributed by atoms with Crippen LogP contribution in [0.15, 0.2) is 28.0 Å². The summed E-state index contributed by atoms with van der Waals surface area (Å²) in [6, 6.07) is 1.03. The Kier molecular flexibility index (Phi) is 7.65. The van der Waals surface area contributed by atoms with Gasteiger partial charge in [0.15, 0.2) is 0 Å². The van der Waals surface area contributed by atoms with Crippen molar-refractivity contribution in [1.29, 1.82) is 0 Å². The van der Waals surface area contributed by atoms with Crippen LogP contribution in [0, 0.1) is 0 Å². The molecule has 0 atom stereocenters. The summed E-state index contributed by atoms with van der Waals surface area (Å²) in [6.07, 6.45) is -5.28. The fourth-order valence-electron chi connectivity index (χ4n) is 1.19. The molecule has 0 aliphatic carbocycles. The molecule has 0 aliphatic rings. The topological polar surface area (TPSA) is 114 Å². The predicted molar refractivity (Wildman–Crippen MR) is 47.4 cm³/mol. The number of benzene rings is 1. The third-order valence-electron chi connectivity index (χ3n) is 1.80. The zero-order valence-electron chi connectivity index (χ0n) is 10.1. The monoisotopic (exact) mass is 318 g/mol. The van der Waals surface area contributed by atoms with Crippen molar-refractivity contribution in [3.63, 3.8) is 0 Å². The fourth-order valence-corrected chi connectivity index (χ4v) is 3.16. The van der Waals surface area contributed by atoms with E-state index in [9.17, 15) is 39.1 Å². The molecule has 0 N–H and O–H groups in total. The predicted octanol–water partition coefficient (Wildman–Crippen LogP) is -5.48. The van der Waals surface area contributed by atoms with Gasteiger partial charge in [0.05, 0.1) is 15.4 Å². The Morgan fingerprint density at radius 2 is 1.35 bits per heavy atom. The molecular formula is C7H3F3Li2O6S2. The van der Waals surface area contributed by atoms with E-state index in [4.69, 9.17) is 0 Å². The number of rotatable bonds is 2. The van der Waals surface area contributed by atoms with E-state index in [1.165, 1.54) is 0 Å². The Hall–Kier alpha value is 0.0248. The molecule has 0 spiro atoms.